The number of aryl methyl sites for hydroxylation is 1. The van der Waals surface area contributed by atoms with Gasteiger partial charge in [0.1, 0.15) is 0 Å². The number of primary amides is 1. The zero-order chi connectivity index (χ0) is 16.4. The molecule has 0 fully saturated rings. The summed E-state index contributed by atoms with van der Waals surface area (Å²) in [5.74, 6) is -4.37. The number of nitrogens with two attached hydrogens (primary N) is 1. The zero-order valence-corrected chi connectivity index (χ0v) is 13.3. The first kappa shape index (κ1) is 17.5. The van der Waals surface area contributed by atoms with Crippen LogP contribution in [0.25, 0.3) is 0 Å². The second kappa shape index (κ2) is 6.07. The Bertz CT molecular complexity index is 506. The Balaban J connectivity index is 0.00000106. The normalized spacial score (nSPS) is 18.5. The minimum Gasteiger partial charge on any atom is -0.364 e. The van der Waals surface area contributed by atoms with E-state index in [-0.39, 0.29) is 12.1 Å². The molecule has 0 radical (unpaired) electrons. The molecule has 0 spiro atoms. The van der Waals surface area contributed by atoms with Gasteiger partial charge in [-0.1, -0.05) is 39.8 Å². The first-order valence-corrected chi connectivity index (χ1v) is 7.24. The summed E-state index contributed by atoms with van der Waals surface area (Å²) in [5.41, 5.74) is 4.49. The van der Waals surface area contributed by atoms with Crippen LogP contribution in [0.4, 0.5) is 8.78 Å². The van der Waals surface area contributed by atoms with Gasteiger partial charge in [0.25, 0.3) is 11.8 Å². The van der Waals surface area contributed by atoms with Crippen LogP contribution in [0, 0.1) is 11.3 Å². The molecule has 7 heteroatoms. The summed E-state index contributed by atoms with van der Waals surface area (Å²) in [6.45, 7) is 8.90. The summed E-state index contributed by atoms with van der Waals surface area (Å²) in [5, 5.41) is 7.45. The maximum Gasteiger partial charge on any atom is 0.271 e. The highest BCUT2D eigenvalue weighted by Crippen LogP contribution is 2.45. The lowest BCUT2D eigenvalue weighted by molar-refractivity contribution is -0.148. The molecule has 0 bridgehead atoms. The SMILES string of the molecule is CC.CC(C)(C)C(F)(F)C1CCn2nnc(C(N)=O)c2C1. The molecule has 0 saturated carbocycles. The van der Waals surface area contributed by atoms with Crippen LogP contribution in [0.3, 0.4) is 0 Å². The Kier molecular flexibility index (Phi) is 5.07. The number of carbonyl (C=O) groups excluding carboxylic acids is 1. The summed E-state index contributed by atoms with van der Waals surface area (Å²) in [6.07, 6.45) is 0.397. The Hall–Kier alpha value is -1.53. The number of carbonyl (C=O) groups is 1. The van der Waals surface area contributed by atoms with Gasteiger partial charge in [-0.3, -0.25) is 4.79 Å². The summed E-state index contributed by atoms with van der Waals surface area (Å²) < 4.78 is 30.3. The van der Waals surface area contributed by atoms with Crippen LogP contribution in [0.1, 0.15) is 57.2 Å². The molecule has 1 aliphatic rings. The summed E-state index contributed by atoms with van der Waals surface area (Å²) in [6, 6.07) is 0. The van der Waals surface area contributed by atoms with E-state index in [2.05, 4.69) is 10.3 Å². The summed E-state index contributed by atoms with van der Waals surface area (Å²) in [7, 11) is 0. The molecule has 2 rings (SSSR count). The predicted octanol–water partition coefficient (Wildman–Crippen LogP) is 2.65. The monoisotopic (exact) mass is 302 g/mol. The van der Waals surface area contributed by atoms with Gasteiger partial charge in [0.2, 0.25) is 0 Å². The van der Waals surface area contributed by atoms with E-state index in [1.54, 1.807) is 0 Å². The van der Waals surface area contributed by atoms with Crippen LogP contribution in [-0.2, 0) is 13.0 Å². The highest BCUT2D eigenvalue weighted by Gasteiger charge is 2.51. The lowest BCUT2D eigenvalue weighted by Crippen LogP contribution is -2.44. The molecule has 0 aliphatic carbocycles. The van der Waals surface area contributed by atoms with E-state index in [0.717, 1.165) is 0 Å². The third-order valence-corrected chi connectivity index (χ3v) is 3.71. The minimum atomic E-state index is -2.82. The quantitative estimate of drug-likeness (QED) is 0.912. The molecule has 1 aromatic rings. The average molecular weight is 302 g/mol. The third-order valence-electron chi connectivity index (χ3n) is 3.71. The smallest absolute Gasteiger partial charge is 0.271 e. The van der Waals surface area contributed by atoms with Crippen molar-refractivity contribution < 1.29 is 13.6 Å². The number of nitrogens with zero attached hydrogens (tertiary/aromatic N) is 3. The molecule has 2 heterocycles. The standard InChI is InChI=1S/C12H18F2N4O.C2H6/c1-11(2,3)12(13,14)7-4-5-18-8(6-7)9(10(15)19)16-17-18;1-2/h7H,4-6H2,1-3H3,(H2,15,19);1-2H3. The lowest BCUT2D eigenvalue weighted by Gasteiger charge is -2.38. The maximum absolute atomic E-state index is 14.4. The van der Waals surface area contributed by atoms with Gasteiger partial charge in [-0.05, 0) is 6.42 Å². The number of hydrogen-bond donors (Lipinski definition) is 1. The van der Waals surface area contributed by atoms with Crippen molar-refractivity contribution in [2.24, 2.45) is 17.1 Å². The molecule has 2 N–H and O–H groups in total. The van der Waals surface area contributed by atoms with E-state index >= 15 is 0 Å². The van der Waals surface area contributed by atoms with E-state index in [0.29, 0.717) is 18.7 Å². The fourth-order valence-electron chi connectivity index (χ4n) is 2.44. The first-order chi connectivity index (χ1) is 9.64. The second-order valence-electron chi connectivity index (χ2n) is 6.03. The molecule has 0 aromatic carbocycles. The minimum absolute atomic E-state index is 0.00871. The van der Waals surface area contributed by atoms with Crippen LogP contribution < -0.4 is 5.73 Å². The molecule has 1 atom stereocenters. The predicted molar refractivity (Wildman–Crippen MR) is 76.1 cm³/mol. The zero-order valence-electron chi connectivity index (χ0n) is 13.3. The second-order valence-corrected chi connectivity index (χ2v) is 6.03. The van der Waals surface area contributed by atoms with Crippen molar-refractivity contribution in [1.29, 1.82) is 0 Å². The van der Waals surface area contributed by atoms with Crippen molar-refractivity contribution in [1.82, 2.24) is 15.0 Å². The molecule has 5 nitrogen and oxygen atoms in total. The van der Waals surface area contributed by atoms with Crippen LogP contribution >= 0.6 is 0 Å². The Morgan fingerprint density at radius 1 is 1.33 bits per heavy atom. The van der Waals surface area contributed by atoms with Gasteiger partial charge in [0.15, 0.2) is 5.69 Å². The van der Waals surface area contributed by atoms with Gasteiger partial charge in [-0.2, -0.15) is 0 Å². The highest BCUT2D eigenvalue weighted by molar-refractivity contribution is 5.91. The molecule has 1 aromatic heterocycles. The van der Waals surface area contributed by atoms with Crippen LogP contribution in [0.5, 0.6) is 0 Å². The van der Waals surface area contributed by atoms with E-state index in [4.69, 9.17) is 5.73 Å². The van der Waals surface area contributed by atoms with E-state index in [9.17, 15) is 13.6 Å². The molecular weight excluding hydrogens is 278 g/mol. The maximum atomic E-state index is 14.4. The van der Waals surface area contributed by atoms with Crippen molar-refractivity contribution in [3.05, 3.63) is 11.4 Å². The molecule has 1 amide bonds. The number of amides is 1. The lowest BCUT2D eigenvalue weighted by atomic mass is 9.76. The number of aromatic nitrogens is 3. The molecule has 0 saturated heterocycles. The van der Waals surface area contributed by atoms with Crippen molar-refractivity contribution in [2.45, 2.75) is 59.9 Å². The van der Waals surface area contributed by atoms with Crippen molar-refractivity contribution >= 4 is 5.91 Å². The third kappa shape index (κ3) is 3.22. The molecule has 1 unspecified atom stereocenters. The first-order valence-electron chi connectivity index (χ1n) is 7.24. The van der Waals surface area contributed by atoms with Crippen LogP contribution in [0.15, 0.2) is 0 Å². The van der Waals surface area contributed by atoms with Gasteiger partial charge in [0.05, 0.1) is 5.69 Å². The van der Waals surface area contributed by atoms with E-state index in [1.807, 2.05) is 13.8 Å². The number of fused-ring (bicyclic) bond motifs is 1. The van der Waals surface area contributed by atoms with Crippen molar-refractivity contribution in [3.8, 4) is 0 Å². The Morgan fingerprint density at radius 3 is 2.38 bits per heavy atom. The van der Waals surface area contributed by atoms with Crippen LogP contribution in [-0.4, -0.2) is 26.8 Å². The topological polar surface area (TPSA) is 73.8 Å². The number of halogens is 2. The molecule has 1 aliphatic heterocycles. The molecule has 120 valence electrons. The highest BCUT2D eigenvalue weighted by atomic mass is 19.3. The summed E-state index contributed by atoms with van der Waals surface area (Å²) in [4.78, 5) is 11.2. The Morgan fingerprint density at radius 2 is 1.90 bits per heavy atom. The van der Waals surface area contributed by atoms with E-state index in [1.165, 1.54) is 25.5 Å². The van der Waals surface area contributed by atoms with Gasteiger partial charge in [-0.25, -0.2) is 13.5 Å². The Labute approximate surface area is 123 Å². The van der Waals surface area contributed by atoms with Crippen molar-refractivity contribution in [3.63, 3.8) is 0 Å². The van der Waals surface area contributed by atoms with Gasteiger partial charge < -0.3 is 5.73 Å². The van der Waals surface area contributed by atoms with E-state index < -0.39 is 23.2 Å². The molecule has 21 heavy (non-hydrogen) atoms. The number of hydrogen-bond acceptors (Lipinski definition) is 3. The van der Waals surface area contributed by atoms with Gasteiger partial charge >= 0.3 is 0 Å². The fourth-order valence-corrected chi connectivity index (χ4v) is 2.44. The van der Waals surface area contributed by atoms with Gasteiger partial charge in [-0.15, -0.1) is 5.10 Å². The largest absolute Gasteiger partial charge is 0.364 e. The van der Waals surface area contributed by atoms with Gasteiger partial charge in [0, 0.05) is 24.3 Å². The number of alkyl halides is 2. The van der Waals surface area contributed by atoms with Crippen molar-refractivity contribution in [2.75, 3.05) is 0 Å². The average Bonchev–Trinajstić information content (AvgIpc) is 2.82. The molecular formula is C14H24F2N4O. The fraction of sp³-hybridized carbons (Fsp3) is 0.786. The number of rotatable bonds is 2. The van der Waals surface area contributed by atoms with Crippen LogP contribution in [0.2, 0.25) is 0 Å². The summed E-state index contributed by atoms with van der Waals surface area (Å²) >= 11 is 0.